The summed E-state index contributed by atoms with van der Waals surface area (Å²) in [6.07, 6.45) is 4.37. The summed E-state index contributed by atoms with van der Waals surface area (Å²) in [6.45, 7) is 1.50. The molecule has 0 atom stereocenters. The number of carbonyl (C=O) groups is 1. The predicted molar refractivity (Wildman–Crippen MR) is 93.7 cm³/mol. The lowest BCUT2D eigenvalue weighted by Gasteiger charge is -2.15. The fourth-order valence-corrected chi connectivity index (χ4v) is 3.00. The number of hydrogen-bond acceptors (Lipinski definition) is 4. The molecule has 5 heteroatoms. The summed E-state index contributed by atoms with van der Waals surface area (Å²) in [4.78, 5) is 14.0. The van der Waals surface area contributed by atoms with Gasteiger partial charge in [0.05, 0.1) is 6.61 Å². The van der Waals surface area contributed by atoms with Gasteiger partial charge in [-0.15, -0.1) is 0 Å². The van der Waals surface area contributed by atoms with Crippen LogP contribution in [-0.2, 0) is 17.8 Å². The standard InChI is InChI=1S/C20H19NO4/c1-21(12-15-3-6-18-19(11-15)25-13-24-18)20(22)7-4-14-2-5-17-16(10-14)8-9-23-17/h2-7,10-11H,8-9,12-13H2,1H3/b7-4+. The number of likely N-dealkylation sites (N-methyl/N-ethyl adjacent to an activating group) is 1. The molecular formula is C20H19NO4. The molecule has 0 saturated carbocycles. The minimum atomic E-state index is -0.0468. The monoisotopic (exact) mass is 337 g/mol. The average Bonchev–Trinajstić information content (AvgIpc) is 3.27. The lowest BCUT2D eigenvalue weighted by atomic mass is 10.1. The molecule has 2 heterocycles. The van der Waals surface area contributed by atoms with Crippen molar-refractivity contribution in [3.05, 3.63) is 59.2 Å². The van der Waals surface area contributed by atoms with E-state index in [1.165, 1.54) is 5.56 Å². The lowest BCUT2D eigenvalue weighted by molar-refractivity contribution is -0.125. The highest BCUT2D eigenvalue weighted by atomic mass is 16.7. The van der Waals surface area contributed by atoms with Crippen molar-refractivity contribution in [2.75, 3.05) is 20.4 Å². The normalized spacial score (nSPS) is 14.4. The number of hydrogen-bond donors (Lipinski definition) is 0. The van der Waals surface area contributed by atoms with E-state index in [1.807, 2.05) is 36.4 Å². The van der Waals surface area contributed by atoms with Crippen molar-refractivity contribution in [1.29, 1.82) is 0 Å². The molecule has 25 heavy (non-hydrogen) atoms. The first-order valence-electron chi connectivity index (χ1n) is 8.26. The van der Waals surface area contributed by atoms with Crippen molar-refractivity contribution in [1.82, 2.24) is 4.90 Å². The van der Waals surface area contributed by atoms with Crippen LogP contribution in [0.4, 0.5) is 0 Å². The zero-order chi connectivity index (χ0) is 17.2. The third-order valence-corrected chi connectivity index (χ3v) is 4.36. The molecule has 5 nitrogen and oxygen atoms in total. The number of fused-ring (bicyclic) bond motifs is 2. The number of nitrogens with zero attached hydrogens (tertiary/aromatic N) is 1. The van der Waals surface area contributed by atoms with Gasteiger partial charge < -0.3 is 19.1 Å². The van der Waals surface area contributed by atoms with E-state index >= 15 is 0 Å². The van der Waals surface area contributed by atoms with Crippen LogP contribution in [0.25, 0.3) is 6.08 Å². The van der Waals surface area contributed by atoms with E-state index in [2.05, 4.69) is 6.07 Å². The summed E-state index contributed by atoms with van der Waals surface area (Å²) < 4.78 is 16.2. The molecule has 2 aliphatic heterocycles. The Morgan fingerprint density at radius 3 is 2.84 bits per heavy atom. The highest BCUT2D eigenvalue weighted by molar-refractivity contribution is 5.91. The van der Waals surface area contributed by atoms with E-state index in [9.17, 15) is 4.79 Å². The van der Waals surface area contributed by atoms with E-state index in [-0.39, 0.29) is 12.7 Å². The number of amides is 1. The fourth-order valence-electron chi connectivity index (χ4n) is 3.00. The molecule has 2 aromatic rings. The van der Waals surface area contributed by atoms with E-state index in [1.54, 1.807) is 18.0 Å². The van der Waals surface area contributed by atoms with Gasteiger partial charge in [-0.05, 0) is 47.0 Å². The molecule has 0 radical (unpaired) electrons. The van der Waals surface area contributed by atoms with Gasteiger partial charge in [-0.2, -0.15) is 0 Å². The SMILES string of the molecule is CN(Cc1ccc2c(c1)OCO2)C(=O)/C=C/c1ccc2c(c1)CCO2. The molecule has 2 aliphatic rings. The maximum absolute atomic E-state index is 12.3. The Bertz CT molecular complexity index is 844. The third kappa shape index (κ3) is 3.31. The summed E-state index contributed by atoms with van der Waals surface area (Å²) in [5, 5.41) is 0. The zero-order valence-electron chi connectivity index (χ0n) is 14.0. The second-order valence-electron chi connectivity index (χ2n) is 6.18. The van der Waals surface area contributed by atoms with Gasteiger partial charge in [0.25, 0.3) is 0 Å². The molecule has 0 fully saturated rings. The largest absolute Gasteiger partial charge is 0.493 e. The van der Waals surface area contributed by atoms with Gasteiger partial charge in [0.1, 0.15) is 5.75 Å². The third-order valence-electron chi connectivity index (χ3n) is 4.36. The van der Waals surface area contributed by atoms with Gasteiger partial charge in [-0.25, -0.2) is 0 Å². The van der Waals surface area contributed by atoms with E-state index in [4.69, 9.17) is 14.2 Å². The van der Waals surface area contributed by atoms with Gasteiger partial charge >= 0.3 is 0 Å². The Morgan fingerprint density at radius 2 is 1.92 bits per heavy atom. The zero-order valence-corrected chi connectivity index (χ0v) is 14.0. The smallest absolute Gasteiger partial charge is 0.246 e. The van der Waals surface area contributed by atoms with Gasteiger partial charge in [0, 0.05) is 26.1 Å². The molecule has 0 spiro atoms. The minimum absolute atomic E-state index is 0.0468. The van der Waals surface area contributed by atoms with Gasteiger partial charge in [0.2, 0.25) is 12.7 Å². The Balaban J connectivity index is 1.40. The Kier molecular flexibility index (Phi) is 4.06. The second-order valence-corrected chi connectivity index (χ2v) is 6.18. The number of carbonyl (C=O) groups excluding carboxylic acids is 1. The molecule has 1 amide bonds. The highest BCUT2D eigenvalue weighted by Gasteiger charge is 2.15. The Labute approximate surface area is 146 Å². The van der Waals surface area contributed by atoms with Gasteiger partial charge in [-0.1, -0.05) is 12.1 Å². The molecule has 0 aliphatic carbocycles. The maximum Gasteiger partial charge on any atom is 0.246 e. The summed E-state index contributed by atoms with van der Waals surface area (Å²) in [5.74, 6) is 2.38. The van der Waals surface area contributed by atoms with Crippen molar-refractivity contribution in [2.45, 2.75) is 13.0 Å². The van der Waals surface area contributed by atoms with Gasteiger partial charge in [0.15, 0.2) is 11.5 Å². The van der Waals surface area contributed by atoms with Crippen molar-refractivity contribution < 1.29 is 19.0 Å². The Morgan fingerprint density at radius 1 is 1.08 bits per heavy atom. The summed E-state index contributed by atoms with van der Waals surface area (Å²) in [5.41, 5.74) is 3.21. The van der Waals surface area contributed by atoms with Crippen molar-refractivity contribution >= 4 is 12.0 Å². The topological polar surface area (TPSA) is 48.0 Å². The molecule has 0 aromatic heterocycles. The van der Waals surface area contributed by atoms with Crippen LogP contribution in [0.5, 0.6) is 17.2 Å². The van der Waals surface area contributed by atoms with Crippen LogP contribution >= 0.6 is 0 Å². The van der Waals surface area contributed by atoms with E-state index in [0.717, 1.165) is 41.4 Å². The molecule has 2 aromatic carbocycles. The summed E-state index contributed by atoms with van der Waals surface area (Å²) in [7, 11) is 1.79. The molecular weight excluding hydrogens is 318 g/mol. The molecule has 128 valence electrons. The molecule has 0 bridgehead atoms. The van der Waals surface area contributed by atoms with Crippen molar-refractivity contribution in [3.8, 4) is 17.2 Å². The van der Waals surface area contributed by atoms with Crippen LogP contribution in [0.15, 0.2) is 42.5 Å². The van der Waals surface area contributed by atoms with Crippen molar-refractivity contribution in [3.63, 3.8) is 0 Å². The van der Waals surface area contributed by atoms with Crippen LogP contribution in [0, 0.1) is 0 Å². The van der Waals surface area contributed by atoms with Crippen LogP contribution < -0.4 is 14.2 Å². The first-order chi connectivity index (χ1) is 12.2. The van der Waals surface area contributed by atoms with Crippen LogP contribution in [0.2, 0.25) is 0 Å². The molecule has 0 N–H and O–H groups in total. The molecule has 0 saturated heterocycles. The fraction of sp³-hybridized carbons (Fsp3) is 0.250. The average molecular weight is 337 g/mol. The minimum Gasteiger partial charge on any atom is -0.493 e. The van der Waals surface area contributed by atoms with E-state index in [0.29, 0.717) is 6.54 Å². The number of benzene rings is 2. The van der Waals surface area contributed by atoms with E-state index < -0.39 is 0 Å². The van der Waals surface area contributed by atoms with Crippen LogP contribution in [-0.4, -0.2) is 31.3 Å². The number of rotatable bonds is 4. The van der Waals surface area contributed by atoms with Crippen LogP contribution in [0.3, 0.4) is 0 Å². The van der Waals surface area contributed by atoms with Gasteiger partial charge in [-0.3, -0.25) is 4.79 Å². The van der Waals surface area contributed by atoms with Crippen molar-refractivity contribution in [2.24, 2.45) is 0 Å². The predicted octanol–water partition coefficient (Wildman–Crippen LogP) is 3.02. The molecule has 4 rings (SSSR count). The second kappa shape index (κ2) is 6.51. The summed E-state index contributed by atoms with van der Waals surface area (Å²) in [6, 6.07) is 11.7. The van der Waals surface area contributed by atoms with Crippen LogP contribution in [0.1, 0.15) is 16.7 Å². The quantitative estimate of drug-likeness (QED) is 0.805. The highest BCUT2D eigenvalue weighted by Crippen LogP contribution is 2.32. The first-order valence-corrected chi connectivity index (χ1v) is 8.26. The summed E-state index contributed by atoms with van der Waals surface area (Å²) >= 11 is 0. The molecule has 0 unspecified atom stereocenters. The first kappa shape index (κ1) is 15.6. The maximum atomic E-state index is 12.3. The Hall–Kier alpha value is -2.95. The lowest BCUT2D eigenvalue weighted by Crippen LogP contribution is -2.24. The number of ether oxygens (including phenoxy) is 3.